The van der Waals surface area contributed by atoms with Crippen LogP contribution in [0.3, 0.4) is 0 Å². The van der Waals surface area contributed by atoms with Gasteiger partial charge in [-0.05, 0) is 12.8 Å². The van der Waals surface area contributed by atoms with Crippen LogP contribution in [0.1, 0.15) is 128 Å². The van der Waals surface area contributed by atoms with Gasteiger partial charge in [0.1, 0.15) is 0 Å². The lowest BCUT2D eigenvalue weighted by molar-refractivity contribution is -0.247. The van der Waals surface area contributed by atoms with Crippen molar-refractivity contribution >= 4 is 18.1 Å². The molecule has 0 spiro atoms. The minimum atomic E-state index is -1.20. The van der Waals surface area contributed by atoms with Crippen LogP contribution in [-0.2, 0) is 28.8 Å². The molecular formula is C24H42O7. The van der Waals surface area contributed by atoms with Crippen LogP contribution in [0.4, 0.5) is 4.79 Å². The van der Waals surface area contributed by atoms with Crippen molar-refractivity contribution in [1.82, 2.24) is 0 Å². The highest BCUT2D eigenvalue weighted by Gasteiger charge is 2.12. The van der Waals surface area contributed by atoms with Crippen molar-refractivity contribution < 1.29 is 33.6 Å². The lowest BCUT2D eigenvalue weighted by atomic mass is 10.0. The predicted molar refractivity (Wildman–Crippen MR) is 117 cm³/mol. The number of esters is 1. The van der Waals surface area contributed by atoms with Crippen LogP contribution in [0.5, 0.6) is 0 Å². The van der Waals surface area contributed by atoms with Gasteiger partial charge in [0.15, 0.2) is 0 Å². The number of rotatable bonds is 0. The average Bonchev–Trinajstić information content (AvgIpc) is 2.75. The van der Waals surface area contributed by atoms with Crippen LogP contribution in [0.2, 0.25) is 0 Å². The zero-order chi connectivity index (χ0) is 22.4. The van der Waals surface area contributed by atoms with E-state index in [0.29, 0.717) is 12.8 Å². The van der Waals surface area contributed by atoms with Crippen molar-refractivity contribution in [2.45, 2.75) is 128 Å². The molecule has 0 aromatic rings. The third-order valence-electron chi connectivity index (χ3n) is 5.61. The van der Waals surface area contributed by atoms with Gasteiger partial charge in [-0.25, -0.2) is 14.6 Å². The van der Waals surface area contributed by atoms with Gasteiger partial charge in [-0.3, -0.25) is 4.79 Å². The minimum absolute atomic E-state index is 0.197. The fraction of sp³-hybridized carbons (Fsp3) is 0.875. The molecule has 7 nitrogen and oxygen atoms in total. The normalized spacial score (nSPS) is 22.0. The van der Waals surface area contributed by atoms with Gasteiger partial charge in [0.2, 0.25) is 6.79 Å². The first-order valence-corrected chi connectivity index (χ1v) is 12.4. The van der Waals surface area contributed by atoms with Gasteiger partial charge in [0.05, 0.1) is 6.42 Å². The van der Waals surface area contributed by atoms with E-state index in [-0.39, 0.29) is 6.42 Å². The summed E-state index contributed by atoms with van der Waals surface area (Å²) in [6.45, 7) is -0.546. The number of ether oxygens (including phenoxy) is 2. The van der Waals surface area contributed by atoms with Crippen molar-refractivity contribution in [2.75, 3.05) is 6.79 Å². The maximum atomic E-state index is 11.6. The molecule has 0 unspecified atom stereocenters. The highest BCUT2D eigenvalue weighted by Crippen LogP contribution is 2.15. The molecule has 0 aliphatic carbocycles. The number of carbonyl (C=O) groups excluding carboxylic acids is 3. The van der Waals surface area contributed by atoms with Crippen molar-refractivity contribution in [1.29, 1.82) is 0 Å². The Morgan fingerprint density at radius 3 is 1.16 bits per heavy atom. The van der Waals surface area contributed by atoms with E-state index in [9.17, 15) is 14.4 Å². The van der Waals surface area contributed by atoms with E-state index < -0.39 is 24.9 Å². The molecule has 0 bridgehead atoms. The largest absolute Gasteiger partial charge is 0.552 e. The fourth-order valence-corrected chi connectivity index (χ4v) is 3.73. The third kappa shape index (κ3) is 18.7. The van der Waals surface area contributed by atoms with Crippen LogP contribution < -0.4 is 0 Å². The zero-order valence-corrected chi connectivity index (χ0v) is 19.2. The molecule has 1 fully saturated rings. The lowest BCUT2D eigenvalue weighted by Crippen LogP contribution is -2.16. The van der Waals surface area contributed by atoms with Crippen molar-refractivity contribution in [3.63, 3.8) is 0 Å². The van der Waals surface area contributed by atoms with Gasteiger partial charge in [0, 0.05) is 6.42 Å². The van der Waals surface area contributed by atoms with Crippen molar-refractivity contribution in [3.05, 3.63) is 0 Å². The van der Waals surface area contributed by atoms with Crippen LogP contribution in [0.25, 0.3) is 0 Å². The van der Waals surface area contributed by atoms with Gasteiger partial charge in [-0.2, -0.15) is 4.79 Å². The summed E-state index contributed by atoms with van der Waals surface area (Å²) < 4.78 is 9.37. The summed E-state index contributed by atoms with van der Waals surface area (Å²) in [5, 5.41) is 0. The van der Waals surface area contributed by atoms with Gasteiger partial charge in [-0.15, -0.1) is 0 Å². The Morgan fingerprint density at radius 1 is 0.387 bits per heavy atom. The molecule has 0 aromatic carbocycles. The van der Waals surface area contributed by atoms with E-state index in [1.807, 2.05) is 0 Å². The number of hydrogen-bond acceptors (Lipinski definition) is 7. The van der Waals surface area contributed by atoms with E-state index in [1.165, 1.54) is 77.0 Å². The van der Waals surface area contributed by atoms with Gasteiger partial charge in [0.25, 0.3) is 0 Å². The van der Waals surface area contributed by atoms with Crippen LogP contribution in [0, 0.1) is 0 Å². The smallest absolute Gasteiger partial charge is 0.428 e. The van der Waals surface area contributed by atoms with Gasteiger partial charge >= 0.3 is 18.1 Å². The summed E-state index contributed by atoms with van der Waals surface area (Å²) in [4.78, 5) is 43.2. The highest BCUT2D eigenvalue weighted by molar-refractivity contribution is 5.70. The molecule has 0 saturated carbocycles. The monoisotopic (exact) mass is 442 g/mol. The highest BCUT2D eigenvalue weighted by atomic mass is 17.2. The first kappa shape index (κ1) is 27.2. The van der Waals surface area contributed by atoms with E-state index in [4.69, 9.17) is 4.74 Å². The van der Waals surface area contributed by atoms with E-state index in [2.05, 4.69) is 14.5 Å². The molecule has 1 heterocycles. The molecule has 1 rings (SSSR count). The Kier molecular flexibility index (Phi) is 17.7. The molecule has 1 saturated heterocycles. The Labute approximate surface area is 187 Å². The van der Waals surface area contributed by atoms with Crippen molar-refractivity contribution in [3.8, 4) is 0 Å². The summed E-state index contributed by atoms with van der Waals surface area (Å²) in [6, 6.07) is 0. The quantitative estimate of drug-likeness (QED) is 0.297. The molecular weight excluding hydrogens is 400 g/mol. The zero-order valence-electron chi connectivity index (χ0n) is 19.2. The van der Waals surface area contributed by atoms with E-state index in [0.717, 1.165) is 32.1 Å². The average molecular weight is 443 g/mol. The molecule has 1 aliphatic rings. The Hall–Kier alpha value is -1.79. The first-order chi connectivity index (χ1) is 15.2. The van der Waals surface area contributed by atoms with Gasteiger partial charge < -0.3 is 9.47 Å². The summed E-state index contributed by atoms with van der Waals surface area (Å²) in [5.41, 5.74) is 0. The summed E-state index contributed by atoms with van der Waals surface area (Å²) in [5.74, 6) is -1.03. The molecule has 0 N–H and O–H groups in total. The number of carbonyl (C=O) groups is 3. The molecule has 0 amide bonds. The summed E-state index contributed by atoms with van der Waals surface area (Å²) in [7, 11) is 0. The molecule has 1 aliphatic heterocycles. The Balaban J connectivity index is 2.21. The van der Waals surface area contributed by atoms with E-state index >= 15 is 0 Å². The molecule has 0 atom stereocenters. The standard InChI is InChI=1S/C24H42O7/c25-22-19-17-15-13-11-9-7-5-3-1-2-4-6-8-10-12-14-16-18-20-23(26)30-31-24(27)29-21-28-22/h1-21H2. The second-order valence-electron chi connectivity index (χ2n) is 8.43. The minimum Gasteiger partial charge on any atom is -0.428 e. The maximum absolute atomic E-state index is 11.6. The molecule has 7 heteroatoms. The van der Waals surface area contributed by atoms with Crippen LogP contribution >= 0.6 is 0 Å². The lowest BCUT2D eigenvalue weighted by Gasteiger charge is -2.07. The number of hydrogen-bond donors (Lipinski definition) is 0. The third-order valence-corrected chi connectivity index (χ3v) is 5.61. The molecule has 0 aromatic heterocycles. The van der Waals surface area contributed by atoms with Gasteiger partial charge in [-0.1, -0.05) is 103 Å². The number of cyclic esters (lactones) is 2. The Bertz CT molecular complexity index is 479. The topological polar surface area (TPSA) is 88.1 Å². The predicted octanol–water partition coefficient (Wildman–Crippen LogP) is 6.91. The SMILES string of the molecule is O=C1CCCCCCCCCCCCCCCCCCCCC(=O)OOC(=O)OCO1. The second kappa shape index (κ2) is 20.1. The molecule has 0 radical (unpaired) electrons. The summed E-state index contributed by atoms with van der Waals surface area (Å²) in [6.07, 6.45) is 20.5. The Morgan fingerprint density at radius 2 is 0.742 bits per heavy atom. The maximum Gasteiger partial charge on any atom is 0.552 e. The van der Waals surface area contributed by atoms with Crippen LogP contribution in [-0.4, -0.2) is 24.9 Å². The van der Waals surface area contributed by atoms with Crippen LogP contribution in [0.15, 0.2) is 0 Å². The fourth-order valence-electron chi connectivity index (χ4n) is 3.73. The first-order valence-electron chi connectivity index (χ1n) is 12.4. The molecule has 180 valence electrons. The molecule has 31 heavy (non-hydrogen) atoms. The summed E-state index contributed by atoms with van der Waals surface area (Å²) >= 11 is 0. The van der Waals surface area contributed by atoms with Crippen molar-refractivity contribution in [2.24, 2.45) is 0 Å². The second-order valence-corrected chi connectivity index (χ2v) is 8.43. The van der Waals surface area contributed by atoms with E-state index in [1.54, 1.807) is 0 Å².